The molecule has 0 radical (unpaired) electrons. The zero-order valence-corrected chi connectivity index (χ0v) is 18.6. The van der Waals surface area contributed by atoms with Crippen molar-refractivity contribution in [1.82, 2.24) is 0 Å². The summed E-state index contributed by atoms with van der Waals surface area (Å²) in [5.41, 5.74) is 4.65. The molecule has 1 unspecified atom stereocenters. The molecular formula is C27H27NO5. The Morgan fingerprint density at radius 1 is 1.00 bits per heavy atom. The third-order valence-electron chi connectivity index (χ3n) is 5.83. The number of hydrogen-bond donors (Lipinski definition) is 1. The normalized spacial score (nSPS) is 13.6. The minimum Gasteiger partial charge on any atom is -0.494 e. The van der Waals surface area contributed by atoms with Gasteiger partial charge in [-0.25, -0.2) is 4.79 Å². The molecule has 0 fully saturated rings. The largest absolute Gasteiger partial charge is 0.494 e. The van der Waals surface area contributed by atoms with E-state index in [2.05, 4.69) is 11.0 Å². The van der Waals surface area contributed by atoms with E-state index < -0.39 is 12.1 Å². The molecule has 1 N–H and O–H groups in total. The Morgan fingerprint density at radius 2 is 1.70 bits per heavy atom. The molecule has 0 bridgehead atoms. The first-order chi connectivity index (χ1) is 16.1. The van der Waals surface area contributed by atoms with Gasteiger partial charge in [0, 0.05) is 37.7 Å². The molecule has 4 rings (SSSR count). The Bertz CT molecular complexity index is 1130. The zero-order chi connectivity index (χ0) is 23.2. The molecule has 0 saturated heterocycles. The SMILES string of the molecule is COC(Cc1ccc(OCCCN2c3ccccc3CC(=O)c3ccccc32)cc1)C(=O)O. The average Bonchev–Trinajstić information content (AvgIpc) is 2.95. The van der Waals surface area contributed by atoms with E-state index in [1.165, 1.54) is 7.11 Å². The highest BCUT2D eigenvalue weighted by Crippen LogP contribution is 2.35. The molecule has 1 aliphatic heterocycles. The average molecular weight is 446 g/mol. The summed E-state index contributed by atoms with van der Waals surface area (Å²) in [6.45, 7) is 1.23. The lowest BCUT2D eigenvalue weighted by Crippen LogP contribution is -2.24. The van der Waals surface area contributed by atoms with Gasteiger partial charge in [0.15, 0.2) is 11.9 Å². The van der Waals surface area contributed by atoms with Crippen LogP contribution >= 0.6 is 0 Å². The van der Waals surface area contributed by atoms with Gasteiger partial charge >= 0.3 is 5.97 Å². The number of benzene rings is 3. The van der Waals surface area contributed by atoms with Crippen molar-refractivity contribution >= 4 is 23.1 Å². The van der Waals surface area contributed by atoms with Crippen molar-refractivity contribution in [2.45, 2.75) is 25.4 Å². The van der Waals surface area contributed by atoms with Crippen LogP contribution in [-0.2, 0) is 22.4 Å². The second-order valence-corrected chi connectivity index (χ2v) is 8.01. The number of ketones is 1. The number of nitrogens with zero attached hydrogens (tertiary/aromatic N) is 1. The van der Waals surface area contributed by atoms with Crippen LogP contribution in [0.1, 0.15) is 27.9 Å². The first-order valence-electron chi connectivity index (χ1n) is 11.0. The monoisotopic (exact) mass is 445 g/mol. The van der Waals surface area contributed by atoms with Crippen LogP contribution in [0.2, 0.25) is 0 Å². The molecule has 3 aromatic carbocycles. The van der Waals surface area contributed by atoms with Gasteiger partial charge in [0.2, 0.25) is 0 Å². The second kappa shape index (κ2) is 10.3. The number of Topliss-reactive ketones (excluding diaryl/α,β-unsaturated/α-hetero) is 1. The summed E-state index contributed by atoms with van der Waals surface area (Å²) >= 11 is 0. The molecular weight excluding hydrogens is 418 g/mol. The predicted molar refractivity (Wildman–Crippen MR) is 127 cm³/mol. The number of ether oxygens (including phenoxy) is 2. The standard InChI is InChI=1S/C27H27NO5/c1-32-26(27(30)31)17-19-11-13-21(14-12-19)33-16-6-15-28-23-9-4-2-7-20(23)18-25(29)22-8-3-5-10-24(22)28/h2-5,7-14,26H,6,15-18H2,1H3,(H,30,31). The van der Waals surface area contributed by atoms with E-state index in [0.717, 1.165) is 40.2 Å². The van der Waals surface area contributed by atoms with Crippen molar-refractivity contribution in [2.24, 2.45) is 0 Å². The van der Waals surface area contributed by atoms with Crippen molar-refractivity contribution in [2.75, 3.05) is 25.2 Å². The highest BCUT2D eigenvalue weighted by Gasteiger charge is 2.24. The number of aliphatic carboxylic acids is 1. The van der Waals surface area contributed by atoms with Crippen LogP contribution in [0.25, 0.3) is 0 Å². The molecule has 1 heterocycles. The van der Waals surface area contributed by atoms with E-state index >= 15 is 0 Å². The molecule has 6 nitrogen and oxygen atoms in total. The minimum absolute atomic E-state index is 0.135. The summed E-state index contributed by atoms with van der Waals surface area (Å²) in [7, 11) is 1.40. The summed E-state index contributed by atoms with van der Waals surface area (Å²) in [6.07, 6.45) is 0.614. The third kappa shape index (κ3) is 5.23. The smallest absolute Gasteiger partial charge is 0.333 e. The van der Waals surface area contributed by atoms with Gasteiger partial charge in [-0.05, 0) is 47.9 Å². The molecule has 0 saturated carbocycles. The van der Waals surface area contributed by atoms with Crippen LogP contribution in [0.5, 0.6) is 5.75 Å². The highest BCUT2D eigenvalue weighted by molar-refractivity contribution is 6.05. The maximum atomic E-state index is 12.8. The predicted octanol–water partition coefficient (Wildman–Crippen LogP) is 4.67. The first-order valence-corrected chi connectivity index (χ1v) is 11.0. The number of carboxylic acids is 1. The molecule has 1 atom stereocenters. The molecule has 3 aromatic rings. The van der Waals surface area contributed by atoms with Gasteiger partial charge in [0.1, 0.15) is 5.75 Å². The fourth-order valence-corrected chi connectivity index (χ4v) is 4.13. The number of carbonyl (C=O) groups is 2. The maximum Gasteiger partial charge on any atom is 0.333 e. The molecule has 1 aliphatic rings. The van der Waals surface area contributed by atoms with Crippen LogP contribution in [0.15, 0.2) is 72.8 Å². The number of carboxylic acid groups (broad SMARTS) is 1. The molecule has 0 amide bonds. The van der Waals surface area contributed by atoms with Crippen molar-refractivity contribution < 1.29 is 24.2 Å². The van der Waals surface area contributed by atoms with E-state index in [-0.39, 0.29) is 5.78 Å². The van der Waals surface area contributed by atoms with Crippen LogP contribution in [0.4, 0.5) is 11.4 Å². The van der Waals surface area contributed by atoms with Gasteiger partial charge in [0.25, 0.3) is 0 Å². The van der Waals surface area contributed by atoms with E-state index in [0.29, 0.717) is 26.0 Å². The molecule has 0 aromatic heterocycles. The van der Waals surface area contributed by atoms with E-state index in [1.807, 2.05) is 66.7 Å². The lowest BCUT2D eigenvalue weighted by molar-refractivity contribution is -0.148. The maximum absolute atomic E-state index is 12.8. The van der Waals surface area contributed by atoms with Crippen molar-refractivity contribution in [3.63, 3.8) is 0 Å². The first kappa shape index (κ1) is 22.6. The highest BCUT2D eigenvalue weighted by atomic mass is 16.5. The van der Waals surface area contributed by atoms with E-state index in [4.69, 9.17) is 14.6 Å². The zero-order valence-electron chi connectivity index (χ0n) is 18.6. The Labute approximate surface area is 193 Å². The fraction of sp³-hybridized carbons (Fsp3) is 0.259. The number of carbonyl (C=O) groups excluding carboxylic acids is 1. The van der Waals surface area contributed by atoms with Gasteiger partial charge in [0.05, 0.1) is 12.3 Å². The summed E-state index contributed by atoms with van der Waals surface area (Å²) in [6, 6.07) is 23.2. The Hall–Kier alpha value is -3.64. The Morgan fingerprint density at radius 3 is 2.42 bits per heavy atom. The van der Waals surface area contributed by atoms with Crippen LogP contribution in [0.3, 0.4) is 0 Å². The number of hydrogen-bond acceptors (Lipinski definition) is 5. The third-order valence-corrected chi connectivity index (χ3v) is 5.83. The van der Waals surface area contributed by atoms with Crippen molar-refractivity contribution in [3.8, 4) is 5.75 Å². The molecule has 0 spiro atoms. The molecule has 6 heteroatoms. The van der Waals surface area contributed by atoms with Crippen LogP contribution < -0.4 is 9.64 Å². The molecule has 0 aliphatic carbocycles. The fourth-order valence-electron chi connectivity index (χ4n) is 4.13. The van der Waals surface area contributed by atoms with Crippen molar-refractivity contribution in [3.05, 3.63) is 89.5 Å². The number of anilines is 2. The summed E-state index contributed by atoms with van der Waals surface area (Å²) in [4.78, 5) is 26.1. The van der Waals surface area contributed by atoms with Crippen LogP contribution in [0, 0.1) is 0 Å². The van der Waals surface area contributed by atoms with Gasteiger partial charge < -0.3 is 19.5 Å². The Balaban J connectivity index is 1.39. The topological polar surface area (TPSA) is 76.1 Å². The summed E-state index contributed by atoms with van der Waals surface area (Å²) in [5, 5.41) is 9.12. The number of para-hydroxylation sites is 2. The van der Waals surface area contributed by atoms with Gasteiger partial charge in [-0.2, -0.15) is 0 Å². The lowest BCUT2D eigenvalue weighted by Gasteiger charge is -2.26. The van der Waals surface area contributed by atoms with Crippen LogP contribution in [-0.4, -0.2) is 43.2 Å². The number of fused-ring (bicyclic) bond motifs is 2. The summed E-state index contributed by atoms with van der Waals surface area (Å²) < 4.78 is 10.9. The minimum atomic E-state index is -0.976. The second-order valence-electron chi connectivity index (χ2n) is 8.01. The molecule has 170 valence electrons. The van der Waals surface area contributed by atoms with E-state index in [1.54, 1.807) is 0 Å². The number of rotatable bonds is 9. The number of methoxy groups -OCH3 is 1. The lowest BCUT2D eigenvalue weighted by atomic mass is 10.0. The van der Waals surface area contributed by atoms with Gasteiger partial charge in [-0.1, -0.05) is 42.5 Å². The van der Waals surface area contributed by atoms with E-state index in [9.17, 15) is 9.59 Å². The molecule has 33 heavy (non-hydrogen) atoms. The van der Waals surface area contributed by atoms with Gasteiger partial charge in [-0.3, -0.25) is 4.79 Å². The Kier molecular flexibility index (Phi) is 7.05. The van der Waals surface area contributed by atoms with Crippen molar-refractivity contribution in [1.29, 1.82) is 0 Å². The quantitative estimate of drug-likeness (QED) is 0.482. The van der Waals surface area contributed by atoms with Gasteiger partial charge in [-0.15, -0.1) is 0 Å². The summed E-state index contributed by atoms with van der Waals surface area (Å²) in [5.74, 6) is -0.110.